The van der Waals surface area contributed by atoms with Crippen LogP contribution in [0.5, 0.6) is 0 Å². The molecule has 0 aliphatic heterocycles. The minimum absolute atomic E-state index is 0.0708. The molecule has 2 aromatic carbocycles. The third-order valence-electron chi connectivity index (χ3n) is 7.57. The van der Waals surface area contributed by atoms with Crippen molar-refractivity contribution in [2.24, 2.45) is 17.3 Å². The molecule has 1 unspecified atom stereocenters. The van der Waals surface area contributed by atoms with E-state index in [1.807, 2.05) is 55.5 Å². The van der Waals surface area contributed by atoms with Crippen LogP contribution in [0.25, 0.3) is 11.1 Å². The van der Waals surface area contributed by atoms with Gasteiger partial charge in [-0.1, -0.05) is 91.4 Å². The predicted molar refractivity (Wildman–Crippen MR) is 185 cm³/mol. The largest absolute Gasteiger partial charge is 0.466 e. The first-order valence-corrected chi connectivity index (χ1v) is 19.4. The van der Waals surface area contributed by atoms with Crippen LogP contribution < -0.4 is 0 Å². The number of allylic oxidation sites excluding steroid dienone is 2. The fourth-order valence-electron chi connectivity index (χ4n) is 4.79. The molecule has 15 heteroatoms. The fraction of sp³-hybridized carbons (Fsp3) is 0.485. The van der Waals surface area contributed by atoms with Gasteiger partial charge in [0.05, 0.1) is 25.6 Å². The Kier molecular flexibility index (Phi) is 16.1. The highest BCUT2D eigenvalue weighted by Crippen LogP contribution is 2.62. The third kappa shape index (κ3) is 11.9. The summed E-state index contributed by atoms with van der Waals surface area (Å²) >= 11 is 11.5. The fourth-order valence-corrected chi connectivity index (χ4v) is 8.79. The van der Waals surface area contributed by atoms with Crippen LogP contribution >= 0.6 is 28.7 Å². The minimum atomic E-state index is -4.61. The van der Waals surface area contributed by atoms with E-state index in [9.17, 15) is 27.6 Å². The molecule has 0 heterocycles. The van der Waals surface area contributed by atoms with Gasteiger partial charge in [-0.15, -0.1) is 0 Å². The van der Waals surface area contributed by atoms with Gasteiger partial charge in [-0.2, -0.15) is 13.2 Å². The SMILES string of the molecule is CCOC(=O)CC(SP(=S)(OC)OC)C(=O)OCC.Cc1c(COC(=O)[C@@H]2[C@H](/C=C(\Cl)C(F)(F)F)C2(C)C)cccc1-c1ccccc1. The monoisotopic (exact) mass is 752 g/mol. The molecule has 1 aliphatic rings. The number of hydrogen-bond donors (Lipinski definition) is 0. The smallest absolute Gasteiger partial charge is 0.426 e. The van der Waals surface area contributed by atoms with Crippen LogP contribution in [0, 0.1) is 24.2 Å². The maximum Gasteiger partial charge on any atom is 0.426 e. The lowest BCUT2D eigenvalue weighted by atomic mass is 9.97. The van der Waals surface area contributed by atoms with E-state index < -0.39 is 57.3 Å². The van der Waals surface area contributed by atoms with Crippen molar-refractivity contribution < 1.29 is 50.8 Å². The molecule has 0 amide bonds. The second-order valence-electron chi connectivity index (χ2n) is 11.1. The average molecular weight is 753 g/mol. The number of carbonyl (C=O) groups is 3. The topological polar surface area (TPSA) is 97.4 Å². The van der Waals surface area contributed by atoms with Crippen LogP contribution in [0.4, 0.5) is 13.2 Å². The summed E-state index contributed by atoms with van der Waals surface area (Å²) < 4.78 is 63.5. The van der Waals surface area contributed by atoms with Crippen molar-refractivity contribution in [3.05, 3.63) is 70.8 Å². The highest BCUT2D eigenvalue weighted by atomic mass is 35.5. The Morgan fingerprint density at radius 3 is 2.15 bits per heavy atom. The van der Waals surface area contributed by atoms with Gasteiger partial charge in [0.25, 0.3) is 0 Å². The molecule has 0 saturated heterocycles. The van der Waals surface area contributed by atoms with Crippen LogP contribution in [0.1, 0.15) is 45.2 Å². The number of rotatable bonds is 14. The molecular weight excluding hydrogens is 712 g/mol. The highest BCUT2D eigenvalue weighted by Gasteiger charge is 2.62. The van der Waals surface area contributed by atoms with Crippen LogP contribution in [-0.4, -0.2) is 56.8 Å². The van der Waals surface area contributed by atoms with E-state index >= 15 is 0 Å². The summed E-state index contributed by atoms with van der Waals surface area (Å²) in [6.45, 7) is 9.36. The molecule has 3 atom stereocenters. The van der Waals surface area contributed by atoms with E-state index in [0.29, 0.717) is 0 Å². The number of esters is 3. The Bertz CT molecular complexity index is 1480. The van der Waals surface area contributed by atoms with Gasteiger partial charge in [-0.05, 0) is 66.2 Å². The van der Waals surface area contributed by atoms with Gasteiger partial charge in [0.15, 0.2) is 0 Å². The molecule has 1 aliphatic carbocycles. The number of hydrogen-bond acceptors (Lipinski definition) is 10. The van der Waals surface area contributed by atoms with E-state index in [2.05, 4.69) is 0 Å². The normalized spacial score (nSPS) is 17.8. The van der Waals surface area contributed by atoms with Crippen LogP contribution in [0.3, 0.4) is 0 Å². The summed E-state index contributed by atoms with van der Waals surface area (Å²) in [5.74, 6) is -2.75. The number of benzene rings is 2. The Labute approximate surface area is 293 Å². The quantitative estimate of drug-likeness (QED) is 0.106. The van der Waals surface area contributed by atoms with E-state index in [1.165, 1.54) is 14.2 Å². The molecule has 0 radical (unpaired) electrons. The lowest BCUT2D eigenvalue weighted by molar-refractivity contribution is -0.149. The summed E-state index contributed by atoms with van der Waals surface area (Å²) in [5.41, 5.74) is 0.696. The van der Waals surface area contributed by atoms with Crippen molar-refractivity contribution in [3.63, 3.8) is 0 Å². The van der Waals surface area contributed by atoms with Crippen molar-refractivity contribution >= 4 is 58.4 Å². The maximum atomic E-state index is 12.7. The molecule has 0 aromatic heterocycles. The zero-order chi connectivity index (χ0) is 36.3. The molecule has 48 heavy (non-hydrogen) atoms. The van der Waals surface area contributed by atoms with Gasteiger partial charge in [-0.3, -0.25) is 14.4 Å². The molecule has 1 saturated carbocycles. The zero-order valence-corrected chi connectivity index (χ0v) is 31.1. The van der Waals surface area contributed by atoms with Gasteiger partial charge in [0.2, 0.25) is 5.69 Å². The van der Waals surface area contributed by atoms with Crippen molar-refractivity contribution in [1.29, 1.82) is 0 Å². The molecule has 0 spiro atoms. The lowest BCUT2D eigenvalue weighted by Gasteiger charge is -2.21. The first-order valence-electron chi connectivity index (χ1n) is 14.9. The molecule has 0 N–H and O–H groups in total. The Morgan fingerprint density at radius 1 is 1.00 bits per heavy atom. The number of alkyl halides is 3. The van der Waals surface area contributed by atoms with Crippen molar-refractivity contribution in [2.75, 3.05) is 27.4 Å². The predicted octanol–water partition coefficient (Wildman–Crippen LogP) is 8.78. The molecule has 1 fully saturated rings. The molecular formula is C33H41ClF3O8PS2. The first-order chi connectivity index (χ1) is 22.4. The standard InChI is InChI=1S/C23H22ClF3O2.C10H19O6PS2/c1-14-16(10-7-11-17(14)15-8-5-4-6-9-15)13-29-21(28)20-18(22(20,2)3)12-19(24)23(25,26)27;1-5-15-9(11)7-8(10(12)16-6-2)19-17(18,13-3)14-4/h4-12,18,20H,13H2,1-3H3;8H,5-7H2,1-4H3/b19-12-;/t18-,20-;/m0./s1. The summed E-state index contributed by atoms with van der Waals surface area (Å²) in [5, 5.41) is -1.98. The zero-order valence-electron chi connectivity index (χ0n) is 27.8. The summed E-state index contributed by atoms with van der Waals surface area (Å²) in [7, 11) is 2.81. The van der Waals surface area contributed by atoms with E-state index in [1.54, 1.807) is 27.7 Å². The van der Waals surface area contributed by atoms with Crippen molar-refractivity contribution in [1.82, 2.24) is 0 Å². The van der Waals surface area contributed by atoms with Gasteiger partial charge < -0.3 is 23.3 Å². The lowest BCUT2D eigenvalue weighted by Crippen LogP contribution is -2.24. The highest BCUT2D eigenvalue weighted by molar-refractivity contribution is 8.68. The summed E-state index contributed by atoms with van der Waals surface area (Å²) in [4.78, 5) is 35.8. The molecule has 8 nitrogen and oxygen atoms in total. The van der Waals surface area contributed by atoms with Crippen LogP contribution in [0.2, 0.25) is 0 Å². The van der Waals surface area contributed by atoms with Gasteiger partial charge in [0.1, 0.15) is 16.9 Å². The van der Waals surface area contributed by atoms with E-state index in [0.717, 1.165) is 39.7 Å². The minimum Gasteiger partial charge on any atom is -0.466 e. The number of halogens is 4. The number of carbonyl (C=O) groups excluding carboxylic acids is 3. The number of ether oxygens (including phenoxy) is 3. The van der Waals surface area contributed by atoms with Crippen LogP contribution in [-0.2, 0) is 56.1 Å². The van der Waals surface area contributed by atoms with Gasteiger partial charge in [-0.25, -0.2) is 0 Å². The third-order valence-corrected chi connectivity index (χ3v) is 13.8. The van der Waals surface area contributed by atoms with Gasteiger partial charge in [0, 0.05) is 14.2 Å². The average Bonchev–Trinajstić information content (AvgIpc) is 3.59. The maximum absolute atomic E-state index is 12.7. The van der Waals surface area contributed by atoms with E-state index in [4.69, 9.17) is 46.7 Å². The second-order valence-corrected chi connectivity index (χ2v) is 18.1. The Balaban J connectivity index is 0.000000368. The second kappa shape index (κ2) is 18.5. The molecule has 0 bridgehead atoms. The molecule has 3 rings (SSSR count). The molecule has 2 aromatic rings. The molecule has 266 valence electrons. The first kappa shape index (κ1) is 41.8. The van der Waals surface area contributed by atoms with Crippen molar-refractivity contribution in [3.8, 4) is 11.1 Å². The van der Waals surface area contributed by atoms with Crippen molar-refractivity contribution in [2.45, 2.75) is 59.1 Å². The van der Waals surface area contributed by atoms with Gasteiger partial charge >= 0.3 is 24.1 Å². The van der Waals surface area contributed by atoms with E-state index in [-0.39, 0.29) is 26.2 Å². The Morgan fingerprint density at radius 2 is 1.60 bits per heavy atom. The van der Waals surface area contributed by atoms with Crippen LogP contribution in [0.15, 0.2) is 59.6 Å². The Hall–Kier alpha value is -2.41. The summed E-state index contributed by atoms with van der Waals surface area (Å²) in [6.07, 6.45) is -3.80. The summed E-state index contributed by atoms with van der Waals surface area (Å²) in [6, 6.07) is 15.6.